The lowest BCUT2D eigenvalue weighted by atomic mass is 10.1. The molecule has 0 fully saturated rings. The van der Waals surface area contributed by atoms with Crippen LogP contribution in [-0.4, -0.2) is 68.1 Å². The normalized spacial score (nSPS) is 12.5. The van der Waals surface area contributed by atoms with Crippen LogP contribution in [0.2, 0.25) is 0 Å². The van der Waals surface area contributed by atoms with Crippen LogP contribution in [0.4, 0.5) is 4.79 Å². The number of nitrogens with two attached hydrogens (primary N) is 2. The number of hydrogen-bond donors (Lipinski definition) is 5. The van der Waals surface area contributed by atoms with Crippen molar-refractivity contribution in [1.29, 1.82) is 0 Å². The predicted octanol–water partition coefficient (Wildman–Crippen LogP) is 8.60. The molecule has 0 bridgehead atoms. The van der Waals surface area contributed by atoms with Gasteiger partial charge in [-0.2, -0.15) is 0 Å². The molecule has 2 amide bonds. The van der Waals surface area contributed by atoms with Crippen molar-refractivity contribution in [2.24, 2.45) is 16.5 Å². The highest BCUT2D eigenvalue weighted by atomic mass is 16.5. The van der Waals surface area contributed by atoms with Gasteiger partial charge in [0.1, 0.15) is 6.04 Å². The summed E-state index contributed by atoms with van der Waals surface area (Å²) in [5, 5.41) is 14.4. The molecular formula is C38H77N5O5. The number of carbonyl (C=O) groups excluding carboxylic acids is 1. The van der Waals surface area contributed by atoms with Crippen LogP contribution in [0, 0.1) is 0 Å². The lowest BCUT2D eigenvalue weighted by Gasteiger charge is -2.21. The Hall–Kier alpha value is -2.07. The van der Waals surface area contributed by atoms with Crippen LogP contribution in [0.1, 0.15) is 181 Å². The van der Waals surface area contributed by atoms with Crippen LogP contribution < -0.4 is 22.1 Å². The van der Waals surface area contributed by atoms with Crippen LogP contribution in [0.5, 0.6) is 0 Å². The molecule has 0 aliphatic heterocycles. The molecule has 7 N–H and O–H groups in total. The summed E-state index contributed by atoms with van der Waals surface area (Å²) in [5.74, 6) is -0.416. The summed E-state index contributed by atoms with van der Waals surface area (Å²) in [4.78, 5) is 28.1. The largest absolute Gasteiger partial charge is 0.465 e. The summed E-state index contributed by atoms with van der Waals surface area (Å²) < 4.78 is 12.1. The monoisotopic (exact) mass is 684 g/mol. The molecule has 0 aromatic heterocycles. The number of rotatable bonds is 37. The molecule has 10 heteroatoms. The quantitative estimate of drug-likeness (QED) is 0.0249. The van der Waals surface area contributed by atoms with Crippen molar-refractivity contribution in [3.05, 3.63) is 0 Å². The minimum absolute atomic E-state index is 0.0288. The van der Waals surface area contributed by atoms with Crippen molar-refractivity contribution < 1.29 is 24.2 Å². The van der Waals surface area contributed by atoms with Crippen molar-refractivity contribution in [3.8, 4) is 0 Å². The lowest BCUT2D eigenvalue weighted by Crippen LogP contribution is -2.48. The average Bonchev–Trinajstić information content (AvgIpc) is 3.06. The minimum atomic E-state index is -1.25. The minimum Gasteiger partial charge on any atom is -0.465 e. The second-order valence-electron chi connectivity index (χ2n) is 13.5. The van der Waals surface area contributed by atoms with E-state index in [-0.39, 0.29) is 30.9 Å². The number of carboxylic acid groups (broad SMARTS) is 1. The Kier molecular flexibility index (Phi) is 34.7. The third-order valence-corrected chi connectivity index (χ3v) is 8.86. The summed E-state index contributed by atoms with van der Waals surface area (Å²) >= 11 is 0. The molecule has 0 radical (unpaired) electrons. The first-order valence-corrected chi connectivity index (χ1v) is 19.9. The molecule has 0 aromatic carbocycles. The Labute approximate surface area is 294 Å². The second kappa shape index (κ2) is 36.2. The van der Waals surface area contributed by atoms with E-state index in [1.807, 2.05) is 0 Å². The third-order valence-electron chi connectivity index (χ3n) is 8.86. The maximum atomic E-state index is 12.9. The number of amides is 2. The summed E-state index contributed by atoms with van der Waals surface area (Å²) in [7, 11) is 0. The van der Waals surface area contributed by atoms with Gasteiger partial charge < -0.3 is 36.7 Å². The number of ether oxygens (including phenoxy) is 2. The molecule has 284 valence electrons. The van der Waals surface area contributed by atoms with E-state index in [1.165, 1.54) is 135 Å². The molecule has 0 saturated carbocycles. The smallest absolute Gasteiger partial charge is 0.405 e. The Balaban J connectivity index is 4.42. The van der Waals surface area contributed by atoms with Gasteiger partial charge in [-0.3, -0.25) is 9.79 Å². The van der Waals surface area contributed by atoms with Gasteiger partial charge in [0.05, 0.1) is 12.7 Å². The molecule has 0 aromatic rings. The van der Waals surface area contributed by atoms with E-state index < -0.39 is 12.1 Å². The molecule has 10 nitrogen and oxygen atoms in total. The summed E-state index contributed by atoms with van der Waals surface area (Å²) in [6.45, 7) is 6.81. The molecule has 48 heavy (non-hydrogen) atoms. The maximum absolute atomic E-state index is 12.9. The van der Waals surface area contributed by atoms with E-state index in [0.29, 0.717) is 32.8 Å². The number of nitrogens with zero attached hydrogens (tertiary/aromatic N) is 1. The fourth-order valence-corrected chi connectivity index (χ4v) is 5.88. The Morgan fingerprint density at radius 1 is 0.646 bits per heavy atom. The standard InChI is InChI=1S/C38H77N5O5/c1-3-5-7-9-11-13-15-17-19-21-23-25-30-47-33-34(48-31-26-24-22-20-18-16-14-12-10-8-6-4-2)32-42-36(44)35(43-38(45)46)28-27-29-41-37(39)40/h34-35,43H,3-33H2,1-2H3,(H,42,44)(H,45,46)(H4,39,40,41)/t34?,35-/m0/s1. The highest BCUT2D eigenvalue weighted by Gasteiger charge is 2.21. The van der Waals surface area contributed by atoms with Gasteiger partial charge in [-0.15, -0.1) is 0 Å². The number of guanidine groups is 1. The van der Waals surface area contributed by atoms with Crippen LogP contribution in [-0.2, 0) is 14.3 Å². The van der Waals surface area contributed by atoms with E-state index in [9.17, 15) is 14.7 Å². The number of carbonyl (C=O) groups is 2. The zero-order chi connectivity index (χ0) is 35.3. The summed E-state index contributed by atoms with van der Waals surface area (Å²) in [6.07, 6.45) is 30.3. The van der Waals surface area contributed by atoms with Crippen LogP contribution in [0.3, 0.4) is 0 Å². The van der Waals surface area contributed by atoms with E-state index in [2.05, 4.69) is 29.5 Å². The molecule has 0 rings (SSSR count). The van der Waals surface area contributed by atoms with Crippen LogP contribution >= 0.6 is 0 Å². The summed E-state index contributed by atoms with van der Waals surface area (Å²) in [5.41, 5.74) is 10.7. The SMILES string of the molecule is CCCCCCCCCCCCCCOCC(CNC(=O)[C@H](CCCN=C(N)N)NC(=O)O)OCCCCCCCCCCCCCC. The van der Waals surface area contributed by atoms with Crippen molar-refractivity contribution in [2.45, 2.75) is 193 Å². The highest BCUT2D eigenvalue weighted by Crippen LogP contribution is 2.13. The fraction of sp³-hybridized carbons (Fsp3) is 0.921. The molecule has 1 unspecified atom stereocenters. The molecule has 0 saturated heterocycles. The van der Waals surface area contributed by atoms with E-state index in [0.717, 1.165) is 19.3 Å². The third kappa shape index (κ3) is 33.8. The predicted molar refractivity (Wildman–Crippen MR) is 201 cm³/mol. The van der Waals surface area contributed by atoms with Crippen LogP contribution in [0.15, 0.2) is 4.99 Å². The number of aliphatic imine (C=N–C) groups is 1. The highest BCUT2D eigenvalue weighted by molar-refractivity contribution is 5.85. The van der Waals surface area contributed by atoms with Gasteiger partial charge in [-0.25, -0.2) is 4.79 Å². The second-order valence-corrected chi connectivity index (χ2v) is 13.5. The zero-order valence-corrected chi connectivity index (χ0v) is 31.3. The summed E-state index contributed by atoms with van der Waals surface area (Å²) in [6, 6.07) is -0.893. The van der Waals surface area contributed by atoms with Crippen molar-refractivity contribution in [2.75, 3.05) is 32.9 Å². The van der Waals surface area contributed by atoms with Crippen molar-refractivity contribution in [1.82, 2.24) is 10.6 Å². The molecule has 0 spiro atoms. The average molecular weight is 684 g/mol. The Morgan fingerprint density at radius 2 is 1.08 bits per heavy atom. The first-order chi connectivity index (χ1) is 23.4. The lowest BCUT2D eigenvalue weighted by molar-refractivity contribution is -0.124. The number of unbranched alkanes of at least 4 members (excludes halogenated alkanes) is 22. The van der Waals surface area contributed by atoms with Gasteiger partial charge in [0.25, 0.3) is 0 Å². The van der Waals surface area contributed by atoms with Gasteiger partial charge >= 0.3 is 6.09 Å². The molecule has 0 aliphatic rings. The first-order valence-electron chi connectivity index (χ1n) is 19.9. The topological polar surface area (TPSA) is 161 Å². The molecular weight excluding hydrogens is 606 g/mol. The Bertz CT molecular complexity index is 751. The van der Waals surface area contributed by atoms with Gasteiger partial charge in [-0.05, 0) is 25.7 Å². The Morgan fingerprint density at radius 3 is 1.52 bits per heavy atom. The van der Waals surface area contributed by atoms with E-state index >= 15 is 0 Å². The fourth-order valence-electron chi connectivity index (χ4n) is 5.88. The maximum Gasteiger partial charge on any atom is 0.405 e. The number of nitrogens with one attached hydrogen (secondary N) is 2. The first kappa shape index (κ1) is 45.9. The van der Waals surface area contributed by atoms with Crippen LogP contribution in [0.25, 0.3) is 0 Å². The van der Waals surface area contributed by atoms with Gasteiger partial charge in [-0.1, -0.05) is 155 Å². The van der Waals surface area contributed by atoms with Crippen molar-refractivity contribution >= 4 is 18.0 Å². The van der Waals surface area contributed by atoms with E-state index in [4.69, 9.17) is 20.9 Å². The van der Waals surface area contributed by atoms with Crippen molar-refractivity contribution in [3.63, 3.8) is 0 Å². The van der Waals surface area contributed by atoms with Gasteiger partial charge in [0.15, 0.2) is 5.96 Å². The molecule has 0 heterocycles. The van der Waals surface area contributed by atoms with Gasteiger partial charge in [0.2, 0.25) is 5.91 Å². The zero-order valence-electron chi connectivity index (χ0n) is 31.3. The molecule has 0 aliphatic carbocycles. The number of hydrogen-bond acceptors (Lipinski definition) is 5. The van der Waals surface area contributed by atoms with Gasteiger partial charge in [0, 0.05) is 26.3 Å². The molecule has 2 atom stereocenters. The van der Waals surface area contributed by atoms with E-state index in [1.54, 1.807) is 0 Å².